The average Bonchev–Trinajstić information content (AvgIpc) is 2.38. The molecule has 3 heteroatoms. The predicted octanol–water partition coefficient (Wildman–Crippen LogP) is 2.42. The summed E-state index contributed by atoms with van der Waals surface area (Å²) in [6, 6.07) is 6.28. The predicted molar refractivity (Wildman–Crippen MR) is 68.9 cm³/mol. The maximum absolute atomic E-state index is 5.36. The number of piperidine rings is 1. The van der Waals surface area contributed by atoms with Crippen molar-refractivity contribution < 1.29 is 9.47 Å². The lowest BCUT2D eigenvalue weighted by molar-refractivity contribution is 0.340. The Morgan fingerprint density at radius 2 is 1.94 bits per heavy atom. The lowest BCUT2D eigenvalue weighted by atomic mass is 9.82. The zero-order valence-corrected chi connectivity index (χ0v) is 10.8. The second-order valence-electron chi connectivity index (χ2n) is 4.69. The number of rotatable bonds is 3. The highest BCUT2D eigenvalue weighted by Gasteiger charge is 2.23. The van der Waals surface area contributed by atoms with Crippen LogP contribution in [0.2, 0.25) is 0 Å². The van der Waals surface area contributed by atoms with E-state index in [2.05, 4.69) is 24.4 Å². The number of hydrogen-bond acceptors (Lipinski definition) is 3. The van der Waals surface area contributed by atoms with Crippen LogP contribution in [0.1, 0.15) is 24.8 Å². The van der Waals surface area contributed by atoms with Gasteiger partial charge in [0.1, 0.15) is 0 Å². The largest absolute Gasteiger partial charge is 0.493 e. The molecule has 2 rings (SSSR count). The van der Waals surface area contributed by atoms with Gasteiger partial charge in [0.25, 0.3) is 0 Å². The summed E-state index contributed by atoms with van der Waals surface area (Å²) >= 11 is 0. The topological polar surface area (TPSA) is 30.5 Å². The highest BCUT2D eigenvalue weighted by Crippen LogP contribution is 2.35. The van der Waals surface area contributed by atoms with Gasteiger partial charge in [0.2, 0.25) is 0 Å². The fourth-order valence-corrected chi connectivity index (χ4v) is 2.59. The molecule has 0 spiro atoms. The first kappa shape index (κ1) is 12.2. The Bertz CT molecular complexity index is 378. The van der Waals surface area contributed by atoms with E-state index in [1.807, 2.05) is 6.07 Å². The van der Waals surface area contributed by atoms with Crippen LogP contribution in [0.25, 0.3) is 0 Å². The van der Waals surface area contributed by atoms with Crippen molar-refractivity contribution in [1.82, 2.24) is 5.32 Å². The Balaban J connectivity index is 2.25. The molecule has 2 atom stereocenters. The number of methoxy groups -OCH3 is 2. The van der Waals surface area contributed by atoms with Gasteiger partial charge in [-0.25, -0.2) is 0 Å². The van der Waals surface area contributed by atoms with Crippen molar-refractivity contribution in [2.45, 2.75) is 19.3 Å². The summed E-state index contributed by atoms with van der Waals surface area (Å²) in [6.45, 7) is 4.50. The second kappa shape index (κ2) is 5.41. The summed E-state index contributed by atoms with van der Waals surface area (Å²) in [4.78, 5) is 0. The molecule has 1 aliphatic rings. The zero-order valence-electron chi connectivity index (χ0n) is 10.8. The smallest absolute Gasteiger partial charge is 0.160 e. The van der Waals surface area contributed by atoms with Gasteiger partial charge in [-0.3, -0.25) is 0 Å². The molecule has 1 aliphatic heterocycles. The highest BCUT2D eigenvalue weighted by atomic mass is 16.5. The Morgan fingerprint density at radius 3 is 2.59 bits per heavy atom. The molecule has 0 aliphatic carbocycles. The van der Waals surface area contributed by atoms with E-state index in [1.54, 1.807) is 14.2 Å². The van der Waals surface area contributed by atoms with Crippen LogP contribution < -0.4 is 14.8 Å². The minimum absolute atomic E-state index is 0.621. The first-order chi connectivity index (χ1) is 8.26. The Kier molecular flexibility index (Phi) is 3.89. The molecule has 2 unspecified atom stereocenters. The molecule has 17 heavy (non-hydrogen) atoms. The van der Waals surface area contributed by atoms with Crippen molar-refractivity contribution in [3.8, 4) is 11.5 Å². The number of hydrogen-bond donors (Lipinski definition) is 1. The molecular weight excluding hydrogens is 214 g/mol. The van der Waals surface area contributed by atoms with Crippen LogP contribution in [0, 0.1) is 5.92 Å². The summed E-state index contributed by atoms with van der Waals surface area (Å²) in [6.07, 6.45) is 1.19. The van der Waals surface area contributed by atoms with Crippen molar-refractivity contribution >= 4 is 0 Å². The molecule has 1 aromatic carbocycles. The van der Waals surface area contributed by atoms with Gasteiger partial charge < -0.3 is 14.8 Å². The van der Waals surface area contributed by atoms with Crippen molar-refractivity contribution in [2.75, 3.05) is 27.3 Å². The zero-order chi connectivity index (χ0) is 12.3. The average molecular weight is 235 g/mol. The summed E-state index contributed by atoms with van der Waals surface area (Å²) in [5.41, 5.74) is 1.36. The van der Waals surface area contributed by atoms with Crippen LogP contribution in [-0.2, 0) is 0 Å². The Labute approximate surface area is 103 Å². The van der Waals surface area contributed by atoms with Crippen LogP contribution in [-0.4, -0.2) is 27.3 Å². The van der Waals surface area contributed by atoms with Crippen LogP contribution in [0.15, 0.2) is 18.2 Å². The van der Waals surface area contributed by atoms with Gasteiger partial charge in [0, 0.05) is 0 Å². The third kappa shape index (κ3) is 2.55. The van der Waals surface area contributed by atoms with Crippen LogP contribution in [0.5, 0.6) is 11.5 Å². The van der Waals surface area contributed by atoms with Crippen molar-refractivity contribution in [2.24, 2.45) is 5.92 Å². The molecular formula is C14H21NO2. The molecule has 0 radical (unpaired) electrons. The second-order valence-corrected chi connectivity index (χ2v) is 4.69. The van der Waals surface area contributed by atoms with E-state index >= 15 is 0 Å². The molecule has 1 saturated heterocycles. The molecule has 1 heterocycles. The lowest BCUT2D eigenvalue weighted by Crippen LogP contribution is -2.33. The standard InChI is InChI=1S/C14H21NO2/c1-10-9-15-7-6-12(10)11-4-5-13(16-2)14(8-11)17-3/h4-5,8,10,12,15H,6-7,9H2,1-3H3. The molecule has 0 amide bonds. The van der Waals surface area contributed by atoms with Gasteiger partial charge in [-0.1, -0.05) is 13.0 Å². The molecule has 1 fully saturated rings. The molecule has 0 saturated carbocycles. The first-order valence-corrected chi connectivity index (χ1v) is 6.19. The number of ether oxygens (including phenoxy) is 2. The molecule has 0 aromatic heterocycles. The van der Waals surface area contributed by atoms with Gasteiger partial charge >= 0.3 is 0 Å². The van der Waals surface area contributed by atoms with Crippen LogP contribution in [0.4, 0.5) is 0 Å². The molecule has 94 valence electrons. The quantitative estimate of drug-likeness (QED) is 0.872. The summed E-state index contributed by atoms with van der Waals surface area (Å²) in [5.74, 6) is 2.92. The van der Waals surface area contributed by atoms with Gasteiger partial charge in [-0.2, -0.15) is 0 Å². The number of nitrogens with one attached hydrogen (secondary N) is 1. The van der Waals surface area contributed by atoms with E-state index < -0.39 is 0 Å². The monoisotopic (exact) mass is 235 g/mol. The van der Waals surface area contributed by atoms with Gasteiger partial charge in [0.15, 0.2) is 11.5 Å². The van der Waals surface area contributed by atoms with Gasteiger partial charge in [0.05, 0.1) is 14.2 Å². The van der Waals surface area contributed by atoms with E-state index in [4.69, 9.17) is 9.47 Å². The van der Waals surface area contributed by atoms with Gasteiger partial charge in [-0.15, -0.1) is 0 Å². The minimum Gasteiger partial charge on any atom is -0.493 e. The third-order valence-corrected chi connectivity index (χ3v) is 3.62. The molecule has 1 aromatic rings. The van der Waals surface area contributed by atoms with Gasteiger partial charge in [-0.05, 0) is 49.0 Å². The van der Waals surface area contributed by atoms with Crippen molar-refractivity contribution in [3.63, 3.8) is 0 Å². The summed E-state index contributed by atoms with van der Waals surface area (Å²) in [7, 11) is 3.36. The summed E-state index contributed by atoms with van der Waals surface area (Å²) in [5, 5.41) is 3.43. The maximum atomic E-state index is 5.36. The summed E-state index contributed by atoms with van der Waals surface area (Å²) < 4.78 is 10.6. The van der Waals surface area contributed by atoms with E-state index in [0.717, 1.165) is 24.6 Å². The van der Waals surface area contributed by atoms with E-state index in [-0.39, 0.29) is 0 Å². The number of benzene rings is 1. The lowest BCUT2D eigenvalue weighted by Gasteiger charge is -2.30. The van der Waals surface area contributed by atoms with E-state index in [9.17, 15) is 0 Å². The van der Waals surface area contributed by atoms with Crippen molar-refractivity contribution in [1.29, 1.82) is 0 Å². The molecule has 0 bridgehead atoms. The van der Waals surface area contributed by atoms with E-state index in [0.29, 0.717) is 11.8 Å². The molecule has 3 nitrogen and oxygen atoms in total. The third-order valence-electron chi connectivity index (χ3n) is 3.62. The van der Waals surface area contributed by atoms with Crippen LogP contribution in [0.3, 0.4) is 0 Å². The maximum Gasteiger partial charge on any atom is 0.160 e. The SMILES string of the molecule is COc1ccc(C2CCNCC2C)cc1OC. The Hall–Kier alpha value is -1.22. The molecule has 1 N–H and O–H groups in total. The highest BCUT2D eigenvalue weighted by molar-refractivity contribution is 5.44. The normalized spacial score (nSPS) is 24.4. The van der Waals surface area contributed by atoms with Crippen molar-refractivity contribution in [3.05, 3.63) is 23.8 Å². The minimum atomic E-state index is 0.621. The first-order valence-electron chi connectivity index (χ1n) is 6.19. The Morgan fingerprint density at radius 1 is 1.18 bits per heavy atom. The fraction of sp³-hybridized carbons (Fsp3) is 0.571. The van der Waals surface area contributed by atoms with Crippen LogP contribution >= 0.6 is 0 Å². The van der Waals surface area contributed by atoms with E-state index in [1.165, 1.54) is 12.0 Å². The fourth-order valence-electron chi connectivity index (χ4n) is 2.59.